The zero-order valence-electron chi connectivity index (χ0n) is 15.5. The van der Waals surface area contributed by atoms with E-state index in [1.807, 2.05) is 34.1 Å². The van der Waals surface area contributed by atoms with Crippen LogP contribution >= 0.6 is 15.9 Å². The maximum atomic E-state index is 12.5. The lowest BCUT2D eigenvalue weighted by atomic mass is 9.66. The first-order valence-electron chi connectivity index (χ1n) is 9.02. The Balaban J connectivity index is 1.93. The molecule has 5 heteroatoms. The van der Waals surface area contributed by atoms with Gasteiger partial charge in [0.15, 0.2) is 0 Å². The molecule has 2 atom stereocenters. The highest BCUT2D eigenvalue weighted by Crippen LogP contribution is 2.55. The summed E-state index contributed by atoms with van der Waals surface area (Å²) in [5.74, 6) is 0.240. The number of rotatable bonds is 3. The molecule has 138 valence electrons. The molecular weight excluding hydrogens is 398 g/mol. The summed E-state index contributed by atoms with van der Waals surface area (Å²) in [7, 11) is 0.602. The highest BCUT2D eigenvalue weighted by molar-refractivity contribution is 9.10. The summed E-state index contributed by atoms with van der Waals surface area (Å²) in [4.78, 5) is 0. The molecule has 0 aliphatic heterocycles. The lowest BCUT2D eigenvalue weighted by Crippen LogP contribution is -2.34. The molecule has 2 aliphatic rings. The Kier molecular flexibility index (Phi) is 5.57. The minimum Gasteiger partial charge on any atom is -0.381 e. The number of nitrogens with zero attached hydrogens (tertiary/aromatic N) is 1. The van der Waals surface area contributed by atoms with Crippen LogP contribution in [0.3, 0.4) is 0 Å². The van der Waals surface area contributed by atoms with E-state index in [1.54, 1.807) is 0 Å². The van der Waals surface area contributed by atoms with Crippen LogP contribution in [0.5, 0.6) is 0 Å². The van der Waals surface area contributed by atoms with Gasteiger partial charge in [-0.05, 0) is 81.5 Å². The van der Waals surface area contributed by atoms with Crippen LogP contribution in [-0.4, -0.2) is 28.4 Å². The molecule has 0 N–H and O–H groups in total. The molecule has 1 saturated carbocycles. The van der Waals surface area contributed by atoms with Gasteiger partial charge in [0.1, 0.15) is 11.0 Å². The SMILES string of the molecule is COC1CCC2(CC1)Cc1ccc(Br)cc1C2C=NS(=O)C(C)(C)C. The van der Waals surface area contributed by atoms with Gasteiger partial charge in [0.05, 0.1) is 10.9 Å². The van der Waals surface area contributed by atoms with Gasteiger partial charge in [-0.25, -0.2) is 4.21 Å². The fourth-order valence-corrected chi connectivity index (χ4v) is 5.17. The van der Waals surface area contributed by atoms with Gasteiger partial charge in [0.2, 0.25) is 0 Å². The molecule has 3 nitrogen and oxygen atoms in total. The average Bonchev–Trinajstić information content (AvgIpc) is 2.85. The Labute approximate surface area is 162 Å². The van der Waals surface area contributed by atoms with E-state index in [0.717, 1.165) is 36.6 Å². The average molecular weight is 426 g/mol. The normalized spacial score (nSPS) is 30.8. The summed E-state index contributed by atoms with van der Waals surface area (Å²) < 4.78 is 23.3. The third-order valence-electron chi connectivity index (χ3n) is 5.74. The summed E-state index contributed by atoms with van der Waals surface area (Å²) in [5.41, 5.74) is 2.96. The van der Waals surface area contributed by atoms with Gasteiger partial charge in [0.25, 0.3) is 0 Å². The maximum Gasteiger partial charge on any atom is 0.144 e. The molecule has 2 unspecified atom stereocenters. The molecule has 1 aromatic rings. The van der Waals surface area contributed by atoms with Crippen LogP contribution in [0.15, 0.2) is 27.1 Å². The Morgan fingerprint density at radius 1 is 1.32 bits per heavy atom. The highest BCUT2D eigenvalue weighted by atomic mass is 79.9. The van der Waals surface area contributed by atoms with E-state index in [2.05, 4.69) is 38.5 Å². The molecule has 1 fully saturated rings. The van der Waals surface area contributed by atoms with Crippen molar-refractivity contribution >= 4 is 33.1 Å². The first-order chi connectivity index (χ1) is 11.7. The number of ether oxygens (including phenoxy) is 1. The molecule has 0 heterocycles. The summed E-state index contributed by atoms with van der Waals surface area (Å²) in [6.45, 7) is 5.91. The zero-order chi connectivity index (χ0) is 18.2. The van der Waals surface area contributed by atoms with Crippen LogP contribution in [0, 0.1) is 5.41 Å². The fourth-order valence-electron chi connectivity index (χ4n) is 4.24. The van der Waals surface area contributed by atoms with Crippen molar-refractivity contribution < 1.29 is 8.95 Å². The molecular formula is C20H28BrNO2S. The number of fused-ring (bicyclic) bond motifs is 1. The van der Waals surface area contributed by atoms with E-state index in [4.69, 9.17) is 4.74 Å². The Morgan fingerprint density at radius 2 is 2.00 bits per heavy atom. The Hall–Kier alpha value is -0.520. The topological polar surface area (TPSA) is 38.7 Å². The van der Waals surface area contributed by atoms with Gasteiger partial charge in [-0.2, -0.15) is 4.40 Å². The van der Waals surface area contributed by atoms with Gasteiger partial charge < -0.3 is 4.74 Å². The standard InChI is InChI=1S/C20H28BrNO2S/c1-19(2,3)25(23)22-13-18-17-11-15(21)6-5-14(17)12-20(18)9-7-16(24-4)8-10-20/h5-6,11,13,16,18H,7-10,12H2,1-4H3. The quantitative estimate of drug-likeness (QED) is 0.624. The van der Waals surface area contributed by atoms with Gasteiger partial charge in [0, 0.05) is 23.7 Å². The van der Waals surface area contributed by atoms with Crippen molar-refractivity contribution in [2.45, 2.75) is 69.6 Å². The van der Waals surface area contributed by atoms with Crippen LogP contribution < -0.4 is 0 Å². The third kappa shape index (κ3) is 3.93. The van der Waals surface area contributed by atoms with Gasteiger partial charge >= 0.3 is 0 Å². The summed E-state index contributed by atoms with van der Waals surface area (Å²) in [5, 5.41) is 0. The summed E-state index contributed by atoms with van der Waals surface area (Å²) in [6.07, 6.45) is 7.92. The van der Waals surface area contributed by atoms with Crippen LogP contribution in [0.4, 0.5) is 0 Å². The summed E-state index contributed by atoms with van der Waals surface area (Å²) in [6, 6.07) is 6.58. The molecule has 25 heavy (non-hydrogen) atoms. The molecule has 2 aliphatic carbocycles. The van der Waals surface area contributed by atoms with Crippen LogP contribution in [-0.2, 0) is 22.1 Å². The van der Waals surface area contributed by atoms with E-state index in [1.165, 1.54) is 11.1 Å². The second kappa shape index (κ2) is 7.24. The molecule has 1 aromatic carbocycles. The largest absolute Gasteiger partial charge is 0.381 e. The predicted molar refractivity (Wildman–Crippen MR) is 109 cm³/mol. The number of methoxy groups -OCH3 is 1. The van der Waals surface area contributed by atoms with Gasteiger partial charge in [-0.15, -0.1) is 0 Å². The fraction of sp³-hybridized carbons (Fsp3) is 0.650. The van der Waals surface area contributed by atoms with E-state index in [-0.39, 0.29) is 16.1 Å². The molecule has 3 rings (SSSR count). The maximum absolute atomic E-state index is 12.5. The lowest BCUT2D eigenvalue weighted by molar-refractivity contribution is 0.0273. The first kappa shape index (κ1) is 19.2. The van der Waals surface area contributed by atoms with Crippen LogP contribution in [0.2, 0.25) is 0 Å². The number of hydrogen-bond acceptors (Lipinski definition) is 2. The van der Waals surface area contributed by atoms with Crippen molar-refractivity contribution in [3.05, 3.63) is 33.8 Å². The third-order valence-corrected chi connectivity index (χ3v) is 7.59. The minimum absolute atomic E-state index is 0.198. The van der Waals surface area contributed by atoms with Gasteiger partial charge in [-0.3, -0.25) is 0 Å². The van der Waals surface area contributed by atoms with E-state index < -0.39 is 11.0 Å². The molecule has 0 amide bonds. The molecule has 0 bridgehead atoms. The molecule has 0 saturated heterocycles. The number of halogens is 1. The smallest absolute Gasteiger partial charge is 0.144 e. The van der Waals surface area contributed by atoms with E-state index >= 15 is 0 Å². The molecule has 0 radical (unpaired) electrons. The first-order valence-corrected chi connectivity index (χ1v) is 10.9. The Morgan fingerprint density at radius 3 is 2.60 bits per heavy atom. The summed E-state index contributed by atoms with van der Waals surface area (Å²) >= 11 is 3.61. The van der Waals surface area contributed by atoms with Crippen molar-refractivity contribution in [1.82, 2.24) is 0 Å². The minimum atomic E-state index is -1.21. The monoisotopic (exact) mass is 425 g/mol. The second-order valence-electron chi connectivity index (χ2n) is 8.41. The number of benzene rings is 1. The van der Waals surface area contributed by atoms with Crippen LogP contribution in [0.25, 0.3) is 0 Å². The molecule has 1 spiro atoms. The Bertz CT molecular complexity index is 687. The number of hydrogen-bond donors (Lipinski definition) is 0. The second-order valence-corrected chi connectivity index (χ2v) is 11.3. The van der Waals surface area contributed by atoms with Crippen molar-refractivity contribution in [2.24, 2.45) is 9.81 Å². The van der Waals surface area contributed by atoms with Gasteiger partial charge in [-0.1, -0.05) is 22.0 Å². The van der Waals surface area contributed by atoms with Crippen molar-refractivity contribution in [1.29, 1.82) is 0 Å². The van der Waals surface area contributed by atoms with E-state index in [0.29, 0.717) is 6.10 Å². The van der Waals surface area contributed by atoms with E-state index in [9.17, 15) is 4.21 Å². The van der Waals surface area contributed by atoms with Crippen molar-refractivity contribution in [3.8, 4) is 0 Å². The van der Waals surface area contributed by atoms with Crippen molar-refractivity contribution in [3.63, 3.8) is 0 Å². The predicted octanol–water partition coefficient (Wildman–Crippen LogP) is 5.20. The highest BCUT2D eigenvalue weighted by Gasteiger charge is 2.47. The zero-order valence-corrected chi connectivity index (χ0v) is 18.0. The molecule has 0 aromatic heterocycles. The van der Waals surface area contributed by atoms with Crippen LogP contribution in [0.1, 0.15) is 63.5 Å². The van der Waals surface area contributed by atoms with Crippen molar-refractivity contribution in [2.75, 3.05) is 7.11 Å². The lowest BCUT2D eigenvalue weighted by Gasteiger charge is -2.40.